The molecule has 1 atom stereocenters. The maximum atomic E-state index is 12.5. The third-order valence-electron chi connectivity index (χ3n) is 4.41. The number of amides is 1. The molecule has 3 aromatic rings. The predicted molar refractivity (Wildman–Crippen MR) is 91.0 cm³/mol. The number of rotatable bonds is 4. The average Bonchev–Trinajstić information content (AvgIpc) is 3.32. The summed E-state index contributed by atoms with van der Waals surface area (Å²) in [5.74, 6) is 1.32. The molecule has 4 rings (SSSR count). The number of benzene rings is 1. The molecule has 6 nitrogen and oxygen atoms in total. The van der Waals surface area contributed by atoms with Gasteiger partial charge in [0.2, 0.25) is 11.8 Å². The van der Waals surface area contributed by atoms with E-state index in [4.69, 9.17) is 4.42 Å². The Morgan fingerprint density at radius 3 is 2.84 bits per heavy atom. The van der Waals surface area contributed by atoms with E-state index in [1.165, 1.54) is 0 Å². The summed E-state index contributed by atoms with van der Waals surface area (Å²) >= 11 is 0. The molecule has 0 N–H and O–H groups in total. The molecule has 1 amide bonds. The standard InChI is InChI=1S/C19H18N4O2/c24-19(15-7-4-9-20-12-15)23-10-8-16(13-23)18-22-21-17(25-18)11-14-5-2-1-3-6-14/h1-7,9,12,16H,8,10-11,13H2/t16-/m0/s1. The van der Waals surface area contributed by atoms with Crippen LogP contribution < -0.4 is 0 Å². The van der Waals surface area contributed by atoms with E-state index < -0.39 is 0 Å². The van der Waals surface area contributed by atoms with Crippen LogP contribution in [0.15, 0.2) is 59.3 Å². The normalized spacial score (nSPS) is 17.0. The lowest BCUT2D eigenvalue weighted by Gasteiger charge is -2.15. The van der Waals surface area contributed by atoms with Crippen molar-refractivity contribution in [1.82, 2.24) is 20.1 Å². The van der Waals surface area contributed by atoms with E-state index in [2.05, 4.69) is 15.2 Å². The highest BCUT2D eigenvalue weighted by Gasteiger charge is 2.31. The zero-order valence-electron chi connectivity index (χ0n) is 13.7. The van der Waals surface area contributed by atoms with Crippen LogP contribution in [0, 0.1) is 0 Å². The first kappa shape index (κ1) is 15.5. The molecular weight excluding hydrogens is 316 g/mol. The highest BCUT2D eigenvalue weighted by molar-refractivity contribution is 5.94. The summed E-state index contributed by atoms with van der Waals surface area (Å²) in [6, 6.07) is 13.6. The van der Waals surface area contributed by atoms with Gasteiger partial charge in [0, 0.05) is 25.5 Å². The van der Waals surface area contributed by atoms with Gasteiger partial charge in [-0.2, -0.15) is 0 Å². The molecule has 0 spiro atoms. The fraction of sp³-hybridized carbons (Fsp3) is 0.263. The van der Waals surface area contributed by atoms with Crippen LogP contribution in [-0.4, -0.2) is 39.1 Å². The Morgan fingerprint density at radius 1 is 1.16 bits per heavy atom. The van der Waals surface area contributed by atoms with E-state index >= 15 is 0 Å². The number of carbonyl (C=O) groups is 1. The molecule has 0 saturated carbocycles. The molecule has 1 aliphatic heterocycles. The van der Waals surface area contributed by atoms with Crippen molar-refractivity contribution in [1.29, 1.82) is 0 Å². The van der Waals surface area contributed by atoms with Crippen LogP contribution in [0.2, 0.25) is 0 Å². The molecule has 3 heterocycles. The van der Waals surface area contributed by atoms with Gasteiger partial charge in [-0.3, -0.25) is 9.78 Å². The van der Waals surface area contributed by atoms with Crippen molar-refractivity contribution in [3.63, 3.8) is 0 Å². The van der Waals surface area contributed by atoms with Crippen LogP contribution in [0.4, 0.5) is 0 Å². The summed E-state index contributed by atoms with van der Waals surface area (Å²) in [5.41, 5.74) is 1.75. The largest absolute Gasteiger partial charge is 0.425 e. The van der Waals surface area contributed by atoms with Crippen LogP contribution in [0.1, 0.15) is 40.0 Å². The number of hydrogen-bond donors (Lipinski definition) is 0. The minimum Gasteiger partial charge on any atom is -0.425 e. The van der Waals surface area contributed by atoms with Gasteiger partial charge in [0.15, 0.2) is 0 Å². The molecule has 0 bridgehead atoms. The molecule has 126 valence electrons. The molecule has 1 aliphatic rings. The number of carbonyl (C=O) groups excluding carboxylic acids is 1. The van der Waals surface area contributed by atoms with Crippen LogP contribution in [0.5, 0.6) is 0 Å². The lowest BCUT2D eigenvalue weighted by Crippen LogP contribution is -2.28. The Kier molecular flexibility index (Phi) is 4.24. The quantitative estimate of drug-likeness (QED) is 0.733. The smallest absolute Gasteiger partial charge is 0.255 e. The fourth-order valence-electron chi connectivity index (χ4n) is 3.09. The van der Waals surface area contributed by atoms with Crippen molar-refractivity contribution in [2.75, 3.05) is 13.1 Å². The SMILES string of the molecule is O=C(c1cccnc1)N1CC[C@H](c2nnc(Cc3ccccc3)o2)C1. The molecule has 0 unspecified atom stereocenters. The molecule has 1 saturated heterocycles. The lowest BCUT2D eigenvalue weighted by atomic mass is 10.1. The first-order valence-electron chi connectivity index (χ1n) is 8.35. The van der Waals surface area contributed by atoms with Crippen molar-refractivity contribution in [3.05, 3.63) is 77.8 Å². The van der Waals surface area contributed by atoms with Crippen LogP contribution in [0.25, 0.3) is 0 Å². The van der Waals surface area contributed by atoms with Crippen LogP contribution in [-0.2, 0) is 6.42 Å². The van der Waals surface area contributed by atoms with Crippen LogP contribution >= 0.6 is 0 Å². The molecule has 2 aromatic heterocycles. The zero-order valence-corrected chi connectivity index (χ0v) is 13.7. The Bertz CT molecular complexity index is 848. The fourth-order valence-corrected chi connectivity index (χ4v) is 3.09. The van der Waals surface area contributed by atoms with E-state index in [9.17, 15) is 4.79 Å². The van der Waals surface area contributed by atoms with Gasteiger partial charge in [-0.05, 0) is 24.1 Å². The predicted octanol–water partition coefficient (Wildman–Crippen LogP) is 2.69. The van der Waals surface area contributed by atoms with Crippen molar-refractivity contribution < 1.29 is 9.21 Å². The molecule has 6 heteroatoms. The van der Waals surface area contributed by atoms with Crippen molar-refractivity contribution in [2.24, 2.45) is 0 Å². The highest BCUT2D eigenvalue weighted by atomic mass is 16.4. The summed E-state index contributed by atoms with van der Waals surface area (Å²) in [4.78, 5) is 18.3. The van der Waals surface area contributed by atoms with Gasteiger partial charge in [0.05, 0.1) is 17.9 Å². The third kappa shape index (κ3) is 3.42. The molecular formula is C19H18N4O2. The van der Waals surface area contributed by atoms with E-state index in [0.717, 1.165) is 12.0 Å². The van der Waals surface area contributed by atoms with Crippen molar-refractivity contribution in [2.45, 2.75) is 18.8 Å². The monoisotopic (exact) mass is 334 g/mol. The first-order chi connectivity index (χ1) is 12.3. The molecule has 0 aliphatic carbocycles. The van der Waals surface area contributed by atoms with E-state index in [1.807, 2.05) is 35.2 Å². The number of nitrogens with zero attached hydrogens (tertiary/aromatic N) is 4. The summed E-state index contributed by atoms with van der Waals surface area (Å²) < 4.78 is 5.83. The summed E-state index contributed by atoms with van der Waals surface area (Å²) in [7, 11) is 0. The van der Waals surface area contributed by atoms with E-state index in [0.29, 0.717) is 36.9 Å². The van der Waals surface area contributed by atoms with Gasteiger partial charge in [-0.1, -0.05) is 30.3 Å². The summed E-state index contributed by atoms with van der Waals surface area (Å²) in [6.45, 7) is 1.29. The third-order valence-corrected chi connectivity index (χ3v) is 4.41. The topological polar surface area (TPSA) is 72.1 Å². The number of hydrogen-bond acceptors (Lipinski definition) is 5. The average molecular weight is 334 g/mol. The molecule has 0 radical (unpaired) electrons. The zero-order chi connectivity index (χ0) is 17.1. The summed E-state index contributed by atoms with van der Waals surface area (Å²) in [6.07, 6.45) is 4.72. The lowest BCUT2D eigenvalue weighted by molar-refractivity contribution is 0.0789. The Balaban J connectivity index is 1.41. The second kappa shape index (κ2) is 6.84. The minimum absolute atomic E-state index is 0.000348. The summed E-state index contributed by atoms with van der Waals surface area (Å²) in [5, 5.41) is 8.35. The van der Waals surface area contributed by atoms with Gasteiger partial charge in [-0.25, -0.2) is 0 Å². The minimum atomic E-state index is -0.000348. The highest BCUT2D eigenvalue weighted by Crippen LogP contribution is 2.27. The molecule has 25 heavy (non-hydrogen) atoms. The van der Waals surface area contributed by atoms with Crippen molar-refractivity contribution in [3.8, 4) is 0 Å². The van der Waals surface area contributed by atoms with E-state index in [1.54, 1.807) is 24.5 Å². The van der Waals surface area contributed by atoms with Gasteiger partial charge >= 0.3 is 0 Å². The molecule has 1 aromatic carbocycles. The Hall–Kier alpha value is -3.02. The maximum absolute atomic E-state index is 12.5. The molecule has 1 fully saturated rings. The van der Waals surface area contributed by atoms with Crippen molar-refractivity contribution >= 4 is 5.91 Å². The van der Waals surface area contributed by atoms with Gasteiger partial charge in [-0.15, -0.1) is 10.2 Å². The Labute approximate surface area is 145 Å². The Morgan fingerprint density at radius 2 is 2.04 bits per heavy atom. The van der Waals surface area contributed by atoms with Gasteiger partial charge < -0.3 is 9.32 Å². The maximum Gasteiger partial charge on any atom is 0.255 e. The number of pyridine rings is 1. The number of aromatic nitrogens is 3. The van der Waals surface area contributed by atoms with E-state index in [-0.39, 0.29) is 11.8 Å². The second-order valence-corrected chi connectivity index (χ2v) is 6.17. The first-order valence-corrected chi connectivity index (χ1v) is 8.35. The second-order valence-electron chi connectivity index (χ2n) is 6.17. The van der Waals surface area contributed by atoms with Gasteiger partial charge in [0.1, 0.15) is 0 Å². The number of likely N-dealkylation sites (tertiary alicyclic amines) is 1. The van der Waals surface area contributed by atoms with Gasteiger partial charge in [0.25, 0.3) is 5.91 Å². The van der Waals surface area contributed by atoms with Crippen LogP contribution in [0.3, 0.4) is 0 Å².